The number of aliphatic hydroxyl groups excluding tert-OH is 1. The summed E-state index contributed by atoms with van der Waals surface area (Å²) >= 11 is 1.35. The van der Waals surface area contributed by atoms with Crippen LogP contribution in [0.15, 0.2) is 46.9 Å². The average Bonchev–Trinajstić information content (AvgIpc) is 2.89. The number of benzene rings is 1. The molecule has 1 aromatic heterocycles. The zero-order valence-corrected chi connectivity index (χ0v) is 11.8. The molecule has 0 bridgehead atoms. The van der Waals surface area contributed by atoms with Crippen molar-refractivity contribution in [1.29, 1.82) is 0 Å². The molecule has 0 radical (unpaired) electrons. The first-order valence-electron chi connectivity index (χ1n) is 6.05. The van der Waals surface area contributed by atoms with Crippen molar-refractivity contribution in [2.75, 3.05) is 5.73 Å². The van der Waals surface area contributed by atoms with Crippen molar-refractivity contribution in [1.82, 2.24) is 0 Å². The summed E-state index contributed by atoms with van der Waals surface area (Å²) in [5.74, 6) is -3.02. The highest BCUT2D eigenvalue weighted by atomic mass is 32.1. The number of ketones is 1. The van der Waals surface area contributed by atoms with Crippen molar-refractivity contribution in [3.63, 3.8) is 0 Å². The number of rotatable bonds is 5. The lowest BCUT2D eigenvalue weighted by atomic mass is 10.0. The summed E-state index contributed by atoms with van der Waals surface area (Å²) in [5.41, 5.74) is 8.44. The van der Waals surface area contributed by atoms with Gasteiger partial charge < -0.3 is 15.9 Å². The van der Waals surface area contributed by atoms with Crippen LogP contribution in [0.5, 0.6) is 0 Å². The molecule has 0 aliphatic carbocycles. The van der Waals surface area contributed by atoms with Crippen LogP contribution in [0.25, 0.3) is 0 Å². The van der Waals surface area contributed by atoms with Crippen molar-refractivity contribution < 1.29 is 19.8 Å². The van der Waals surface area contributed by atoms with Gasteiger partial charge in [0.15, 0.2) is 5.78 Å². The summed E-state index contributed by atoms with van der Waals surface area (Å²) < 4.78 is 0. The Balaban J connectivity index is 2.22. The first-order chi connectivity index (χ1) is 9.97. The van der Waals surface area contributed by atoms with Crippen LogP contribution >= 0.6 is 11.3 Å². The van der Waals surface area contributed by atoms with E-state index in [0.717, 1.165) is 17.2 Å². The summed E-state index contributed by atoms with van der Waals surface area (Å²) in [4.78, 5) is 22.5. The Bertz CT molecular complexity index is 701. The van der Waals surface area contributed by atoms with Gasteiger partial charge in [0.1, 0.15) is 0 Å². The molecule has 1 aromatic carbocycles. The van der Waals surface area contributed by atoms with Crippen molar-refractivity contribution >= 4 is 28.8 Å². The van der Waals surface area contributed by atoms with Gasteiger partial charge in [0.2, 0.25) is 5.76 Å². The Morgan fingerprint density at radius 3 is 2.43 bits per heavy atom. The average molecular weight is 303 g/mol. The number of carboxylic acid groups (broad SMARTS) is 1. The third-order valence-corrected chi connectivity index (χ3v) is 3.66. The number of hydrogen-bond acceptors (Lipinski definition) is 5. The number of nitrogens with two attached hydrogens (primary N) is 1. The number of carboxylic acids is 1. The van der Waals surface area contributed by atoms with E-state index < -0.39 is 17.5 Å². The van der Waals surface area contributed by atoms with Gasteiger partial charge in [0.05, 0.1) is 0 Å². The normalized spacial score (nSPS) is 11.3. The molecule has 0 amide bonds. The van der Waals surface area contributed by atoms with E-state index >= 15 is 0 Å². The largest absolute Gasteiger partial charge is 0.502 e. The van der Waals surface area contributed by atoms with Crippen LogP contribution in [-0.2, 0) is 11.2 Å². The van der Waals surface area contributed by atoms with Gasteiger partial charge in [0.25, 0.3) is 0 Å². The van der Waals surface area contributed by atoms with Crippen LogP contribution in [-0.4, -0.2) is 22.0 Å². The molecule has 0 aliphatic rings. The van der Waals surface area contributed by atoms with Crippen LogP contribution in [0.3, 0.4) is 0 Å². The fourth-order valence-corrected chi connectivity index (χ4v) is 2.64. The number of anilines is 1. The lowest BCUT2D eigenvalue weighted by Gasteiger charge is -2.03. The molecule has 6 heteroatoms. The first kappa shape index (κ1) is 14.8. The topological polar surface area (TPSA) is 101 Å². The first-order valence-corrected chi connectivity index (χ1v) is 6.99. The van der Waals surface area contributed by atoms with Crippen molar-refractivity contribution in [3.05, 3.63) is 63.6 Å². The summed E-state index contributed by atoms with van der Waals surface area (Å²) in [6, 6.07) is 7.29. The maximum atomic E-state index is 12.0. The summed E-state index contributed by atoms with van der Waals surface area (Å²) in [7, 11) is 0. The van der Waals surface area contributed by atoms with Crippen LogP contribution < -0.4 is 5.73 Å². The molecule has 0 fully saturated rings. The number of carbonyl (C=O) groups is 2. The van der Waals surface area contributed by atoms with Gasteiger partial charge in [-0.3, -0.25) is 4.79 Å². The standard InChI is InChI=1S/C15H13NO4S/c16-11-3-1-9(2-4-11)5-10-7-21-8-12(10)13(17)6-14(18)15(19)20/h1-4,6-8,18H,5,16H2,(H,19,20). The molecular weight excluding hydrogens is 290 g/mol. The second-order valence-electron chi connectivity index (χ2n) is 4.43. The molecule has 0 saturated carbocycles. The zero-order chi connectivity index (χ0) is 15.4. The fourth-order valence-electron chi connectivity index (χ4n) is 1.80. The lowest BCUT2D eigenvalue weighted by molar-refractivity contribution is -0.135. The van der Waals surface area contributed by atoms with Gasteiger partial charge in [-0.2, -0.15) is 11.3 Å². The third kappa shape index (κ3) is 3.70. The van der Waals surface area contributed by atoms with Gasteiger partial charge >= 0.3 is 5.97 Å². The number of nitrogen functional groups attached to an aromatic ring is 1. The second kappa shape index (κ2) is 6.23. The molecule has 4 N–H and O–H groups in total. The van der Waals surface area contributed by atoms with Gasteiger partial charge in [-0.15, -0.1) is 0 Å². The minimum absolute atomic E-state index is 0.393. The van der Waals surface area contributed by atoms with Crippen molar-refractivity contribution in [3.8, 4) is 0 Å². The highest BCUT2D eigenvalue weighted by Crippen LogP contribution is 2.21. The molecule has 108 valence electrons. The third-order valence-electron chi connectivity index (χ3n) is 2.87. The number of carbonyl (C=O) groups excluding carboxylic acids is 1. The van der Waals surface area contributed by atoms with E-state index in [2.05, 4.69) is 0 Å². The fraction of sp³-hybridized carbons (Fsp3) is 0.0667. The molecular formula is C15H13NO4S. The van der Waals surface area contributed by atoms with Crippen LogP contribution in [0.2, 0.25) is 0 Å². The number of thiophene rings is 1. The minimum Gasteiger partial charge on any atom is -0.502 e. The molecule has 0 spiro atoms. The van der Waals surface area contributed by atoms with E-state index in [-0.39, 0.29) is 0 Å². The number of aliphatic carboxylic acids is 1. The minimum atomic E-state index is -1.53. The predicted octanol–water partition coefficient (Wildman–Crippen LogP) is 2.63. The number of allylic oxidation sites excluding steroid dienone is 1. The molecule has 5 nitrogen and oxygen atoms in total. The number of aliphatic hydroxyl groups is 1. The van der Waals surface area contributed by atoms with Gasteiger partial charge in [-0.05, 0) is 35.1 Å². The van der Waals surface area contributed by atoms with Crippen LogP contribution in [0.4, 0.5) is 5.69 Å². The molecule has 2 aromatic rings. The zero-order valence-electron chi connectivity index (χ0n) is 10.9. The Kier molecular flexibility index (Phi) is 4.39. The van der Waals surface area contributed by atoms with Gasteiger partial charge in [-0.1, -0.05) is 12.1 Å². The van der Waals surface area contributed by atoms with E-state index in [9.17, 15) is 9.59 Å². The SMILES string of the molecule is Nc1ccc(Cc2cscc2C(=O)C=C(O)C(=O)O)cc1. The predicted molar refractivity (Wildman–Crippen MR) is 80.7 cm³/mol. The van der Waals surface area contributed by atoms with E-state index in [1.165, 1.54) is 11.3 Å². The Morgan fingerprint density at radius 2 is 1.81 bits per heavy atom. The second-order valence-corrected chi connectivity index (χ2v) is 5.17. The molecule has 0 atom stereocenters. The smallest absolute Gasteiger partial charge is 0.371 e. The van der Waals surface area contributed by atoms with Crippen LogP contribution in [0, 0.1) is 0 Å². The lowest BCUT2D eigenvalue weighted by Crippen LogP contribution is -2.05. The summed E-state index contributed by atoms with van der Waals surface area (Å²) in [6.07, 6.45) is 1.25. The van der Waals surface area contributed by atoms with E-state index in [1.807, 2.05) is 17.5 Å². The monoisotopic (exact) mass is 303 g/mol. The molecule has 21 heavy (non-hydrogen) atoms. The van der Waals surface area contributed by atoms with Crippen molar-refractivity contribution in [2.45, 2.75) is 6.42 Å². The quantitative estimate of drug-likeness (QED) is 0.341. The molecule has 0 unspecified atom stereocenters. The van der Waals surface area contributed by atoms with Gasteiger partial charge in [-0.25, -0.2) is 4.79 Å². The molecule has 0 saturated heterocycles. The summed E-state index contributed by atoms with van der Waals surface area (Å²) in [5, 5.41) is 21.2. The summed E-state index contributed by atoms with van der Waals surface area (Å²) in [6.45, 7) is 0. The maximum Gasteiger partial charge on any atom is 0.371 e. The van der Waals surface area contributed by atoms with Crippen LogP contribution in [0.1, 0.15) is 21.5 Å². The Morgan fingerprint density at radius 1 is 1.14 bits per heavy atom. The maximum absolute atomic E-state index is 12.0. The van der Waals surface area contributed by atoms with E-state index in [0.29, 0.717) is 17.7 Å². The number of hydrogen-bond donors (Lipinski definition) is 3. The van der Waals surface area contributed by atoms with E-state index in [4.69, 9.17) is 15.9 Å². The van der Waals surface area contributed by atoms with E-state index in [1.54, 1.807) is 17.5 Å². The van der Waals surface area contributed by atoms with Crippen molar-refractivity contribution in [2.24, 2.45) is 0 Å². The molecule has 2 rings (SSSR count). The van der Waals surface area contributed by atoms with Gasteiger partial charge in [0, 0.05) is 22.7 Å². The molecule has 0 aliphatic heterocycles. The Labute approximate surface area is 125 Å². The molecule has 1 heterocycles. The Hall–Kier alpha value is -2.60. The highest BCUT2D eigenvalue weighted by molar-refractivity contribution is 7.08. The highest BCUT2D eigenvalue weighted by Gasteiger charge is 2.14.